The van der Waals surface area contributed by atoms with Crippen LogP contribution in [0, 0.1) is 5.82 Å². The molecule has 0 fully saturated rings. The molecule has 0 saturated carbocycles. The molecule has 25 heavy (non-hydrogen) atoms. The lowest BCUT2D eigenvalue weighted by Gasteiger charge is -2.05. The Kier molecular flexibility index (Phi) is 5.87. The fourth-order valence-electron chi connectivity index (χ4n) is 1.88. The molecule has 0 spiro atoms. The Balaban J connectivity index is 1.58. The van der Waals surface area contributed by atoms with Crippen LogP contribution < -0.4 is 5.32 Å². The lowest BCUT2D eigenvalue weighted by molar-refractivity contribution is -0.113. The normalized spacial score (nSPS) is 10.7. The van der Waals surface area contributed by atoms with E-state index in [0.29, 0.717) is 10.4 Å². The number of carbonyl (C=O) groups excluding carboxylic acids is 1. The van der Waals surface area contributed by atoms with Gasteiger partial charge in [-0.3, -0.25) is 4.79 Å². The molecule has 0 aliphatic rings. The standard InChI is InChI=1S/C16H10Br2FN3O2S/c17-10-3-1-9(2-4-10)15-21-22-16(24-15)25-8-14(23)20-13-6-5-11(18)7-12(13)19/h1-7H,8H2,(H,20,23). The number of benzene rings is 2. The second-order valence-corrected chi connectivity index (χ2v) is 7.60. The van der Waals surface area contributed by atoms with Crippen LogP contribution in [0.15, 0.2) is 61.0 Å². The van der Waals surface area contributed by atoms with Crippen molar-refractivity contribution >= 4 is 55.2 Å². The second kappa shape index (κ2) is 8.11. The Morgan fingerprint density at radius 2 is 1.84 bits per heavy atom. The predicted octanol–water partition coefficient (Wildman–Crippen LogP) is 5.13. The lowest BCUT2D eigenvalue weighted by atomic mass is 10.2. The first-order valence-electron chi connectivity index (χ1n) is 6.98. The van der Waals surface area contributed by atoms with Crippen molar-refractivity contribution in [3.8, 4) is 11.5 Å². The van der Waals surface area contributed by atoms with Crippen molar-refractivity contribution in [2.24, 2.45) is 0 Å². The summed E-state index contributed by atoms with van der Waals surface area (Å²) in [5, 5.41) is 10.6. The minimum Gasteiger partial charge on any atom is -0.411 e. The van der Waals surface area contributed by atoms with E-state index in [2.05, 4.69) is 47.4 Å². The van der Waals surface area contributed by atoms with Gasteiger partial charge in [-0.1, -0.05) is 43.6 Å². The van der Waals surface area contributed by atoms with Crippen molar-refractivity contribution in [2.45, 2.75) is 5.22 Å². The zero-order valence-corrected chi connectivity index (χ0v) is 16.5. The molecule has 0 saturated heterocycles. The van der Waals surface area contributed by atoms with Gasteiger partial charge in [0.2, 0.25) is 11.8 Å². The first-order chi connectivity index (χ1) is 12.0. The maximum atomic E-state index is 13.7. The quantitative estimate of drug-likeness (QED) is 0.506. The number of amides is 1. The molecule has 9 heteroatoms. The monoisotopic (exact) mass is 485 g/mol. The summed E-state index contributed by atoms with van der Waals surface area (Å²) in [5.41, 5.74) is 0.902. The maximum absolute atomic E-state index is 13.7. The van der Waals surface area contributed by atoms with Crippen molar-refractivity contribution in [2.75, 3.05) is 11.1 Å². The van der Waals surface area contributed by atoms with Gasteiger partial charge in [-0.05, 0) is 42.5 Å². The molecule has 0 bridgehead atoms. The molecule has 128 valence electrons. The number of carbonyl (C=O) groups is 1. The zero-order chi connectivity index (χ0) is 17.8. The third kappa shape index (κ3) is 4.90. The second-order valence-electron chi connectivity index (χ2n) is 4.84. The maximum Gasteiger partial charge on any atom is 0.277 e. The smallest absolute Gasteiger partial charge is 0.277 e. The molecule has 2 aromatic carbocycles. The first-order valence-corrected chi connectivity index (χ1v) is 9.55. The molecule has 1 heterocycles. The van der Waals surface area contributed by atoms with Crippen molar-refractivity contribution in [3.63, 3.8) is 0 Å². The molecular formula is C16H10Br2FN3O2S. The predicted molar refractivity (Wildman–Crippen MR) is 101 cm³/mol. The van der Waals surface area contributed by atoms with Crippen molar-refractivity contribution < 1.29 is 13.6 Å². The number of aromatic nitrogens is 2. The van der Waals surface area contributed by atoms with Gasteiger partial charge in [0.25, 0.3) is 5.22 Å². The zero-order valence-electron chi connectivity index (χ0n) is 12.5. The third-order valence-corrected chi connectivity index (χ3v) is 4.87. The van der Waals surface area contributed by atoms with Gasteiger partial charge >= 0.3 is 0 Å². The molecular weight excluding hydrogens is 477 g/mol. The van der Waals surface area contributed by atoms with E-state index in [1.165, 1.54) is 12.1 Å². The van der Waals surface area contributed by atoms with Crippen LogP contribution in [-0.4, -0.2) is 21.9 Å². The summed E-state index contributed by atoms with van der Waals surface area (Å²) in [7, 11) is 0. The van der Waals surface area contributed by atoms with Gasteiger partial charge < -0.3 is 9.73 Å². The van der Waals surface area contributed by atoms with E-state index in [4.69, 9.17) is 4.42 Å². The van der Waals surface area contributed by atoms with E-state index in [9.17, 15) is 9.18 Å². The highest BCUT2D eigenvalue weighted by Gasteiger charge is 2.12. The van der Waals surface area contributed by atoms with Crippen LogP contribution in [0.25, 0.3) is 11.5 Å². The van der Waals surface area contributed by atoms with E-state index in [0.717, 1.165) is 21.8 Å². The van der Waals surface area contributed by atoms with Crippen LogP contribution in [-0.2, 0) is 4.79 Å². The van der Waals surface area contributed by atoms with Gasteiger partial charge in [0.15, 0.2) is 0 Å². The van der Waals surface area contributed by atoms with Crippen molar-refractivity contribution in [3.05, 3.63) is 57.2 Å². The van der Waals surface area contributed by atoms with E-state index < -0.39 is 5.82 Å². The summed E-state index contributed by atoms with van der Waals surface area (Å²) < 4.78 is 20.8. The molecule has 3 aromatic rings. The average Bonchev–Trinajstić information content (AvgIpc) is 3.05. The van der Waals surface area contributed by atoms with Gasteiger partial charge in [0, 0.05) is 14.5 Å². The molecule has 1 amide bonds. The first kappa shape index (κ1) is 18.1. The molecule has 1 N–H and O–H groups in total. The molecule has 1 aromatic heterocycles. The summed E-state index contributed by atoms with van der Waals surface area (Å²) >= 11 is 7.60. The van der Waals surface area contributed by atoms with Gasteiger partial charge in [-0.2, -0.15) is 0 Å². The third-order valence-electron chi connectivity index (χ3n) is 3.03. The van der Waals surface area contributed by atoms with Crippen molar-refractivity contribution in [1.82, 2.24) is 10.2 Å². The fraction of sp³-hybridized carbons (Fsp3) is 0.0625. The molecule has 0 radical (unpaired) electrons. The number of halogens is 3. The largest absolute Gasteiger partial charge is 0.411 e. The Morgan fingerprint density at radius 3 is 2.56 bits per heavy atom. The number of nitrogens with one attached hydrogen (secondary N) is 1. The number of hydrogen-bond donors (Lipinski definition) is 1. The van der Waals surface area contributed by atoms with Gasteiger partial charge in [0.1, 0.15) is 5.82 Å². The number of hydrogen-bond acceptors (Lipinski definition) is 5. The highest BCUT2D eigenvalue weighted by atomic mass is 79.9. The van der Waals surface area contributed by atoms with Crippen molar-refractivity contribution in [1.29, 1.82) is 0 Å². The Bertz CT molecular complexity index is 903. The van der Waals surface area contributed by atoms with Crippen LogP contribution in [0.3, 0.4) is 0 Å². The minimum atomic E-state index is -0.511. The molecule has 0 unspecified atom stereocenters. The van der Waals surface area contributed by atoms with Gasteiger partial charge in [-0.25, -0.2) is 4.39 Å². The van der Waals surface area contributed by atoms with E-state index >= 15 is 0 Å². The van der Waals surface area contributed by atoms with E-state index in [1.54, 1.807) is 6.07 Å². The Labute approximate surface area is 163 Å². The Morgan fingerprint density at radius 1 is 1.12 bits per heavy atom. The average molecular weight is 487 g/mol. The molecule has 0 atom stereocenters. The topological polar surface area (TPSA) is 68.0 Å². The number of thioether (sulfide) groups is 1. The lowest BCUT2D eigenvalue weighted by Crippen LogP contribution is -2.15. The molecule has 0 aliphatic heterocycles. The number of nitrogens with zero attached hydrogens (tertiary/aromatic N) is 2. The van der Waals surface area contributed by atoms with Crippen LogP contribution in [0.4, 0.5) is 10.1 Å². The van der Waals surface area contributed by atoms with Crippen LogP contribution in [0.2, 0.25) is 0 Å². The summed E-state index contributed by atoms with van der Waals surface area (Å²) in [5.74, 6) is -0.482. The number of rotatable bonds is 5. The Hall–Kier alpha value is -1.71. The SMILES string of the molecule is O=C(CSc1nnc(-c2ccc(Br)cc2)o1)Nc1ccc(Br)cc1F. The van der Waals surface area contributed by atoms with Gasteiger partial charge in [0.05, 0.1) is 11.4 Å². The molecule has 3 rings (SSSR count). The summed E-state index contributed by atoms with van der Waals surface area (Å²) in [6.45, 7) is 0. The van der Waals surface area contributed by atoms with E-state index in [-0.39, 0.29) is 22.6 Å². The minimum absolute atomic E-state index is 0.0253. The van der Waals surface area contributed by atoms with Crippen LogP contribution in [0.5, 0.6) is 0 Å². The number of anilines is 1. The summed E-state index contributed by atoms with van der Waals surface area (Å²) in [4.78, 5) is 11.9. The highest BCUT2D eigenvalue weighted by molar-refractivity contribution is 9.10. The summed E-state index contributed by atoms with van der Waals surface area (Å²) in [6.07, 6.45) is 0. The van der Waals surface area contributed by atoms with Crippen LogP contribution in [0.1, 0.15) is 0 Å². The highest BCUT2D eigenvalue weighted by Crippen LogP contribution is 2.25. The summed E-state index contributed by atoms with van der Waals surface area (Å²) in [6, 6.07) is 11.8. The fourth-order valence-corrected chi connectivity index (χ4v) is 3.04. The van der Waals surface area contributed by atoms with E-state index in [1.807, 2.05) is 24.3 Å². The van der Waals surface area contributed by atoms with Crippen LogP contribution >= 0.6 is 43.6 Å². The molecule has 5 nitrogen and oxygen atoms in total. The molecule has 0 aliphatic carbocycles. The van der Waals surface area contributed by atoms with Gasteiger partial charge in [-0.15, -0.1) is 10.2 Å².